The maximum Gasteiger partial charge on any atom is 0.0895 e. The highest BCUT2D eigenvalue weighted by Crippen LogP contribution is 2.30. The Morgan fingerprint density at radius 3 is 2.79 bits per heavy atom. The molecule has 0 aliphatic heterocycles. The fraction of sp³-hybridized carbons (Fsp3) is 0.688. The van der Waals surface area contributed by atoms with Crippen molar-refractivity contribution in [3.8, 4) is 0 Å². The van der Waals surface area contributed by atoms with Gasteiger partial charge in [0, 0.05) is 11.9 Å². The van der Waals surface area contributed by atoms with Crippen LogP contribution in [0.1, 0.15) is 55.8 Å². The monoisotopic (exact) mass is 262 g/mol. The van der Waals surface area contributed by atoms with E-state index in [0.29, 0.717) is 12.7 Å². The molecule has 19 heavy (non-hydrogen) atoms. The molecule has 1 fully saturated rings. The molecule has 0 amide bonds. The number of pyridine rings is 1. The first-order chi connectivity index (χ1) is 9.13. The summed E-state index contributed by atoms with van der Waals surface area (Å²) in [7, 11) is 0. The molecule has 1 aromatic heterocycles. The Balaban J connectivity index is 2.00. The van der Waals surface area contributed by atoms with Crippen LogP contribution >= 0.6 is 0 Å². The van der Waals surface area contributed by atoms with Gasteiger partial charge in [0.15, 0.2) is 0 Å². The minimum atomic E-state index is 0.405. The van der Waals surface area contributed by atoms with Crippen molar-refractivity contribution in [1.29, 1.82) is 0 Å². The number of nitrogens with zero attached hydrogens (tertiary/aromatic N) is 1. The van der Waals surface area contributed by atoms with Crippen LogP contribution in [0.3, 0.4) is 0 Å². The lowest BCUT2D eigenvalue weighted by Gasteiger charge is -2.30. The Hall–Kier alpha value is -1.09. The zero-order valence-corrected chi connectivity index (χ0v) is 12.4. The highest BCUT2D eigenvalue weighted by atomic mass is 16.5. The molecular formula is C16H26N2O. The molecule has 2 N–H and O–H groups in total. The molecule has 106 valence electrons. The minimum Gasteiger partial charge on any atom is -0.398 e. The number of aryl methyl sites for hydroxylation is 1. The number of nitrogen functional groups attached to an aromatic ring is 1. The van der Waals surface area contributed by atoms with Gasteiger partial charge in [-0.25, -0.2) is 0 Å². The van der Waals surface area contributed by atoms with Crippen molar-refractivity contribution in [2.75, 3.05) is 5.73 Å². The Morgan fingerprint density at radius 2 is 2.05 bits per heavy atom. The van der Waals surface area contributed by atoms with E-state index in [0.717, 1.165) is 28.4 Å². The van der Waals surface area contributed by atoms with Crippen molar-refractivity contribution < 1.29 is 4.74 Å². The number of hydrogen-bond donors (Lipinski definition) is 1. The summed E-state index contributed by atoms with van der Waals surface area (Å²) >= 11 is 0. The average Bonchev–Trinajstić information content (AvgIpc) is 2.44. The smallest absolute Gasteiger partial charge is 0.0895 e. The molecule has 1 aromatic rings. The summed E-state index contributed by atoms with van der Waals surface area (Å²) in [6.07, 6.45) is 8.62. The third-order valence-corrected chi connectivity index (χ3v) is 4.47. The first-order valence-corrected chi connectivity index (χ1v) is 7.45. The largest absolute Gasteiger partial charge is 0.398 e. The summed E-state index contributed by atoms with van der Waals surface area (Å²) in [5, 5.41) is 0. The van der Waals surface area contributed by atoms with Gasteiger partial charge in [-0.3, -0.25) is 4.98 Å². The third-order valence-electron chi connectivity index (χ3n) is 4.47. The fourth-order valence-electron chi connectivity index (χ4n) is 2.98. The van der Waals surface area contributed by atoms with Crippen molar-refractivity contribution in [3.63, 3.8) is 0 Å². The van der Waals surface area contributed by atoms with Crippen LogP contribution in [-0.4, -0.2) is 11.1 Å². The van der Waals surface area contributed by atoms with Crippen molar-refractivity contribution in [3.05, 3.63) is 23.0 Å². The van der Waals surface area contributed by atoms with Gasteiger partial charge in [-0.05, 0) is 43.7 Å². The average molecular weight is 262 g/mol. The number of ether oxygens (including phenoxy) is 1. The summed E-state index contributed by atoms with van der Waals surface area (Å²) in [5.74, 6) is 0.719. The minimum absolute atomic E-state index is 0.405. The van der Waals surface area contributed by atoms with Gasteiger partial charge in [0.05, 0.1) is 18.4 Å². The quantitative estimate of drug-likeness (QED) is 0.898. The van der Waals surface area contributed by atoms with E-state index in [1.54, 1.807) is 0 Å². The highest BCUT2D eigenvalue weighted by molar-refractivity contribution is 5.53. The molecule has 0 spiro atoms. The molecule has 1 aliphatic carbocycles. The van der Waals surface area contributed by atoms with Crippen molar-refractivity contribution in [2.45, 2.75) is 65.6 Å². The number of anilines is 1. The van der Waals surface area contributed by atoms with Crippen LogP contribution < -0.4 is 5.73 Å². The number of hydrogen-bond acceptors (Lipinski definition) is 3. The van der Waals surface area contributed by atoms with Gasteiger partial charge < -0.3 is 10.5 Å². The van der Waals surface area contributed by atoms with E-state index in [9.17, 15) is 0 Å². The summed E-state index contributed by atoms with van der Waals surface area (Å²) in [5.41, 5.74) is 10.0. The molecule has 3 nitrogen and oxygen atoms in total. The van der Waals surface area contributed by atoms with E-state index in [4.69, 9.17) is 10.5 Å². The fourth-order valence-corrected chi connectivity index (χ4v) is 2.98. The first kappa shape index (κ1) is 14.3. The molecule has 1 heterocycles. The SMILES string of the molecule is CCC1CCCCC1OCc1ncc(C)c(N)c1C. The topological polar surface area (TPSA) is 48.1 Å². The van der Waals surface area contributed by atoms with E-state index >= 15 is 0 Å². The molecule has 0 aromatic carbocycles. The summed E-state index contributed by atoms with van der Waals surface area (Å²) in [6, 6.07) is 0. The van der Waals surface area contributed by atoms with Crippen molar-refractivity contribution in [2.24, 2.45) is 5.92 Å². The van der Waals surface area contributed by atoms with Gasteiger partial charge in [0.2, 0.25) is 0 Å². The van der Waals surface area contributed by atoms with Gasteiger partial charge >= 0.3 is 0 Å². The van der Waals surface area contributed by atoms with Crippen LogP contribution in [0.25, 0.3) is 0 Å². The number of rotatable bonds is 4. The summed E-state index contributed by atoms with van der Waals surface area (Å²) in [6.45, 7) is 6.89. The Bertz CT molecular complexity index is 431. The lowest BCUT2D eigenvalue weighted by molar-refractivity contribution is -0.0236. The molecule has 2 rings (SSSR count). The molecule has 1 aliphatic rings. The predicted octanol–water partition coefficient (Wildman–Crippen LogP) is 3.77. The molecule has 0 bridgehead atoms. The summed E-state index contributed by atoms with van der Waals surface area (Å²) in [4.78, 5) is 4.47. The van der Waals surface area contributed by atoms with E-state index in [1.807, 2.05) is 20.0 Å². The number of aromatic nitrogens is 1. The van der Waals surface area contributed by atoms with Crippen LogP contribution in [0.15, 0.2) is 6.20 Å². The highest BCUT2D eigenvalue weighted by Gasteiger charge is 2.24. The number of nitrogens with two attached hydrogens (primary N) is 1. The Kier molecular flexibility index (Phi) is 4.81. The van der Waals surface area contributed by atoms with Gasteiger partial charge in [-0.1, -0.05) is 26.2 Å². The Morgan fingerprint density at radius 1 is 1.32 bits per heavy atom. The van der Waals surface area contributed by atoms with E-state index < -0.39 is 0 Å². The lowest BCUT2D eigenvalue weighted by atomic mass is 9.85. The zero-order valence-electron chi connectivity index (χ0n) is 12.4. The molecule has 3 heteroatoms. The molecule has 1 saturated carbocycles. The normalized spacial score (nSPS) is 23.5. The maximum absolute atomic E-state index is 6.13. The molecular weight excluding hydrogens is 236 g/mol. The van der Waals surface area contributed by atoms with Gasteiger partial charge in [-0.2, -0.15) is 0 Å². The molecule has 0 saturated heterocycles. The van der Waals surface area contributed by atoms with Gasteiger partial charge in [0.25, 0.3) is 0 Å². The Labute approximate surface area is 116 Å². The maximum atomic E-state index is 6.13. The van der Waals surface area contributed by atoms with Gasteiger partial charge in [0.1, 0.15) is 0 Å². The van der Waals surface area contributed by atoms with E-state index in [1.165, 1.54) is 32.1 Å². The molecule has 2 unspecified atom stereocenters. The van der Waals surface area contributed by atoms with Crippen LogP contribution in [0, 0.1) is 19.8 Å². The molecule has 2 atom stereocenters. The standard InChI is InChI=1S/C16H26N2O/c1-4-13-7-5-6-8-15(13)19-10-14-12(3)16(17)11(2)9-18-14/h9,13,15H,4-8,10H2,1-3H3,(H2,17,18). The van der Waals surface area contributed by atoms with Crippen LogP contribution in [0.5, 0.6) is 0 Å². The second kappa shape index (κ2) is 6.38. The zero-order chi connectivity index (χ0) is 13.8. The van der Waals surface area contributed by atoms with E-state index in [-0.39, 0.29) is 0 Å². The summed E-state index contributed by atoms with van der Waals surface area (Å²) < 4.78 is 6.13. The van der Waals surface area contributed by atoms with Crippen molar-refractivity contribution >= 4 is 5.69 Å². The first-order valence-electron chi connectivity index (χ1n) is 7.45. The van der Waals surface area contributed by atoms with Crippen LogP contribution in [0.2, 0.25) is 0 Å². The lowest BCUT2D eigenvalue weighted by Crippen LogP contribution is -2.27. The van der Waals surface area contributed by atoms with Crippen LogP contribution in [0.4, 0.5) is 5.69 Å². The molecule has 0 radical (unpaired) electrons. The van der Waals surface area contributed by atoms with Crippen molar-refractivity contribution in [1.82, 2.24) is 4.98 Å². The van der Waals surface area contributed by atoms with Gasteiger partial charge in [-0.15, -0.1) is 0 Å². The third kappa shape index (κ3) is 3.27. The van der Waals surface area contributed by atoms with Crippen LogP contribution in [-0.2, 0) is 11.3 Å². The predicted molar refractivity (Wildman–Crippen MR) is 78.9 cm³/mol. The second-order valence-corrected chi connectivity index (χ2v) is 5.73. The van der Waals surface area contributed by atoms with E-state index in [2.05, 4.69) is 11.9 Å². The second-order valence-electron chi connectivity index (χ2n) is 5.73.